The summed E-state index contributed by atoms with van der Waals surface area (Å²) in [5.74, 6) is 0.793. The molecule has 7 heteroatoms. The predicted molar refractivity (Wildman–Crippen MR) is 79.4 cm³/mol. The maximum atomic E-state index is 12.3. The summed E-state index contributed by atoms with van der Waals surface area (Å²) >= 11 is 0. The summed E-state index contributed by atoms with van der Waals surface area (Å²) in [4.78, 5) is 20.5. The fourth-order valence-electron chi connectivity index (χ4n) is 2.11. The molecule has 0 aliphatic rings. The predicted octanol–water partition coefficient (Wildman–Crippen LogP) is 1.16. The molecule has 0 saturated carbocycles. The minimum absolute atomic E-state index is 0.183. The van der Waals surface area contributed by atoms with Crippen molar-refractivity contribution in [2.45, 2.75) is 19.9 Å². The average molecular weight is 284 g/mol. The van der Waals surface area contributed by atoms with Crippen molar-refractivity contribution < 1.29 is 0 Å². The van der Waals surface area contributed by atoms with Crippen molar-refractivity contribution in [2.24, 2.45) is 0 Å². The van der Waals surface area contributed by atoms with Crippen LogP contribution in [-0.2, 0) is 6.54 Å². The lowest BCUT2D eigenvalue weighted by Gasteiger charge is -2.09. The molecular formula is C14H16N6O. The molecule has 7 nitrogen and oxygen atoms in total. The van der Waals surface area contributed by atoms with E-state index in [0.29, 0.717) is 12.2 Å². The third kappa shape index (κ3) is 2.62. The van der Waals surface area contributed by atoms with Gasteiger partial charge in [-0.05, 0) is 12.5 Å². The lowest BCUT2D eigenvalue weighted by molar-refractivity contribution is 0.657. The van der Waals surface area contributed by atoms with Gasteiger partial charge in [0.05, 0.1) is 12.7 Å². The zero-order valence-corrected chi connectivity index (χ0v) is 11.7. The van der Waals surface area contributed by atoms with Gasteiger partial charge in [-0.1, -0.05) is 13.0 Å². The number of nitrogens with zero attached hydrogens (tertiary/aromatic N) is 5. The van der Waals surface area contributed by atoms with Crippen LogP contribution in [0.4, 0.5) is 5.82 Å². The fourth-order valence-corrected chi connectivity index (χ4v) is 2.11. The Labute approximate surface area is 121 Å². The standard InChI is InChI=1S/C14H16N6O/c1-2-5-16-13-11(4-3-6-17-13)10-20-14(21)19-8-7-15-9-12(19)18-20/h3-4,6-9H,2,5,10H2,1H3,(H,16,17). The minimum Gasteiger partial charge on any atom is -0.370 e. The highest BCUT2D eigenvalue weighted by atomic mass is 16.2. The zero-order chi connectivity index (χ0) is 14.7. The van der Waals surface area contributed by atoms with E-state index in [4.69, 9.17) is 0 Å². The molecule has 0 aliphatic heterocycles. The molecule has 0 bridgehead atoms. The van der Waals surface area contributed by atoms with Crippen LogP contribution in [0.15, 0.2) is 41.7 Å². The van der Waals surface area contributed by atoms with Gasteiger partial charge in [-0.2, -0.15) is 0 Å². The van der Waals surface area contributed by atoms with E-state index < -0.39 is 0 Å². The van der Waals surface area contributed by atoms with Gasteiger partial charge in [-0.3, -0.25) is 4.98 Å². The van der Waals surface area contributed by atoms with Crippen molar-refractivity contribution in [1.82, 2.24) is 24.1 Å². The van der Waals surface area contributed by atoms with Crippen LogP contribution in [0, 0.1) is 0 Å². The molecule has 0 aromatic carbocycles. The first-order chi connectivity index (χ1) is 10.3. The monoisotopic (exact) mass is 284 g/mol. The number of anilines is 1. The van der Waals surface area contributed by atoms with Crippen molar-refractivity contribution in [3.05, 3.63) is 53.0 Å². The van der Waals surface area contributed by atoms with Gasteiger partial charge in [0.1, 0.15) is 5.82 Å². The van der Waals surface area contributed by atoms with Crippen molar-refractivity contribution in [2.75, 3.05) is 11.9 Å². The van der Waals surface area contributed by atoms with Crippen LogP contribution in [0.2, 0.25) is 0 Å². The van der Waals surface area contributed by atoms with Crippen LogP contribution in [-0.4, -0.2) is 30.7 Å². The van der Waals surface area contributed by atoms with Crippen molar-refractivity contribution in [3.63, 3.8) is 0 Å². The number of pyridine rings is 1. The van der Waals surface area contributed by atoms with Gasteiger partial charge in [-0.15, -0.1) is 5.10 Å². The molecule has 108 valence electrons. The Morgan fingerprint density at radius 1 is 1.33 bits per heavy atom. The Morgan fingerprint density at radius 3 is 3.05 bits per heavy atom. The molecule has 1 N–H and O–H groups in total. The second-order valence-electron chi connectivity index (χ2n) is 4.68. The van der Waals surface area contributed by atoms with Crippen LogP contribution in [0.1, 0.15) is 18.9 Å². The summed E-state index contributed by atoms with van der Waals surface area (Å²) in [7, 11) is 0. The van der Waals surface area contributed by atoms with Gasteiger partial charge < -0.3 is 5.32 Å². The molecule has 0 spiro atoms. The van der Waals surface area contributed by atoms with Crippen molar-refractivity contribution >= 4 is 11.5 Å². The number of hydrogen-bond donors (Lipinski definition) is 1. The molecule has 0 unspecified atom stereocenters. The van der Waals surface area contributed by atoms with E-state index in [2.05, 4.69) is 27.3 Å². The van der Waals surface area contributed by atoms with Crippen LogP contribution in [0.3, 0.4) is 0 Å². The van der Waals surface area contributed by atoms with E-state index >= 15 is 0 Å². The Balaban J connectivity index is 1.95. The van der Waals surface area contributed by atoms with E-state index in [0.717, 1.165) is 24.3 Å². The number of hydrogen-bond acceptors (Lipinski definition) is 5. The third-order valence-electron chi connectivity index (χ3n) is 3.14. The summed E-state index contributed by atoms with van der Waals surface area (Å²) in [5, 5.41) is 7.54. The molecule has 0 amide bonds. The number of rotatable bonds is 5. The summed E-state index contributed by atoms with van der Waals surface area (Å²) in [5.41, 5.74) is 1.29. The number of aromatic nitrogens is 5. The van der Waals surface area contributed by atoms with E-state index in [1.54, 1.807) is 24.8 Å². The molecule has 21 heavy (non-hydrogen) atoms. The Kier molecular flexibility index (Phi) is 3.63. The first-order valence-corrected chi connectivity index (χ1v) is 6.86. The van der Waals surface area contributed by atoms with E-state index in [1.807, 2.05) is 12.1 Å². The van der Waals surface area contributed by atoms with Gasteiger partial charge in [-0.25, -0.2) is 18.9 Å². The maximum absolute atomic E-state index is 12.3. The van der Waals surface area contributed by atoms with E-state index in [-0.39, 0.29) is 5.69 Å². The highest BCUT2D eigenvalue weighted by Crippen LogP contribution is 2.12. The van der Waals surface area contributed by atoms with Gasteiger partial charge in [0.25, 0.3) is 0 Å². The Bertz CT molecular complexity index is 806. The molecule has 3 aromatic rings. The molecule has 3 rings (SSSR count). The van der Waals surface area contributed by atoms with Gasteiger partial charge >= 0.3 is 5.69 Å². The third-order valence-corrected chi connectivity index (χ3v) is 3.14. The van der Waals surface area contributed by atoms with Crippen LogP contribution >= 0.6 is 0 Å². The molecule has 0 aliphatic carbocycles. The number of fused-ring (bicyclic) bond motifs is 1. The molecular weight excluding hydrogens is 268 g/mol. The van der Waals surface area contributed by atoms with Crippen molar-refractivity contribution in [1.29, 1.82) is 0 Å². The van der Waals surface area contributed by atoms with Gasteiger partial charge in [0.15, 0.2) is 5.65 Å². The van der Waals surface area contributed by atoms with Gasteiger partial charge in [0, 0.05) is 30.7 Å². The first kappa shape index (κ1) is 13.3. The molecule has 0 radical (unpaired) electrons. The smallest absolute Gasteiger partial charge is 0.350 e. The van der Waals surface area contributed by atoms with E-state index in [9.17, 15) is 4.79 Å². The summed E-state index contributed by atoms with van der Waals surface area (Å²) in [6, 6.07) is 3.80. The fraction of sp³-hybridized carbons (Fsp3) is 0.286. The van der Waals surface area contributed by atoms with Crippen LogP contribution in [0.25, 0.3) is 5.65 Å². The molecule has 0 saturated heterocycles. The Morgan fingerprint density at radius 2 is 2.24 bits per heavy atom. The molecule has 3 heterocycles. The second-order valence-corrected chi connectivity index (χ2v) is 4.68. The second kappa shape index (κ2) is 5.74. The summed E-state index contributed by atoms with van der Waals surface area (Å²) < 4.78 is 2.90. The van der Waals surface area contributed by atoms with Crippen LogP contribution < -0.4 is 11.0 Å². The topological polar surface area (TPSA) is 77.1 Å². The van der Waals surface area contributed by atoms with Crippen molar-refractivity contribution in [3.8, 4) is 0 Å². The first-order valence-electron chi connectivity index (χ1n) is 6.86. The summed E-state index contributed by atoms with van der Waals surface area (Å²) in [6.45, 7) is 3.31. The SMILES string of the molecule is CCCNc1ncccc1Cn1nc2cnccn2c1=O. The lowest BCUT2D eigenvalue weighted by Crippen LogP contribution is -2.22. The molecule has 0 atom stereocenters. The van der Waals surface area contributed by atoms with Crippen LogP contribution in [0.5, 0.6) is 0 Å². The van der Waals surface area contributed by atoms with Gasteiger partial charge in [0.2, 0.25) is 0 Å². The Hall–Kier alpha value is -2.70. The average Bonchev–Trinajstić information content (AvgIpc) is 2.83. The van der Waals surface area contributed by atoms with E-state index in [1.165, 1.54) is 9.08 Å². The minimum atomic E-state index is -0.183. The highest BCUT2D eigenvalue weighted by Gasteiger charge is 2.09. The highest BCUT2D eigenvalue weighted by molar-refractivity contribution is 5.43. The molecule has 3 aromatic heterocycles. The largest absolute Gasteiger partial charge is 0.370 e. The normalized spacial score (nSPS) is 10.9. The lowest BCUT2D eigenvalue weighted by atomic mass is 10.2. The molecule has 0 fully saturated rings. The summed E-state index contributed by atoms with van der Waals surface area (Å²) in [6.07, 6.45) is 7.49. The quantitative estimate of drug-likeness (QED) is 0.760. The maximum Gasteiger partial charge on any atom is 0.350 e. The number of nitrogens with one attached hydrogen (secondary N) is 1. The zero-order valence-electron chi connectivity index (χ0n) is 11.7.